The third-order valence-corrected chi connectivity index (χ3v) is 5.98. The molecule has 3 amide bonds. The van der Waals surface area contributed by atoms with E-state index in [1.165, 1.54) is 16.1 Å². The molecule has 0 bridgehead atoms. The van der Waals surface area contributed by atoms with Crippen LogP contribution in [-0.2, 0) is 17.6 Å². The van der Waals surface area contributed by atoms with Gasteiger partial charge >= 0.3 is 6.03 Å². The predicted octanol–water partition coefficient (Wildman–Crippen LogP) is 4.58. The highest BCUT2D eigenvalue weighted by molar-refractivity contribution is 5.96. The predicted molar refractivity (Wildman–Crippen MR) is 116 cm³/mol. The molecule has 0 aromatic heterocycles. The van der Waals surface area contributed by atoms with Gasteiger partial charge in [0.2, 0.25) is 5.91 Å². The van der Waals surface area contributed by atoms with E-state index in [2.05, 4.69) is 16.8 Å². The fourth-order valence-electron chi connectivity index (χ4n) is 4.55. The Balaban J connectivity index is 1.47. The van der Waals surface area contributed by atoms with Crippen LogP contribution in [0.15, 0.2) is 78.9 Å². The number of carbonyl (C=O) groups is 2. The van der Waals surface area contributed by atoms with Crippen LogP contribution in [0.4, 0.5) is 10.5 Å². The summed E-state index contributed by atoms with van der Waals surface area (Å²) >= 11 is 0. The van der Waals surface area contributed by atoms with Crippen LogP contribution in [0.3, 0.4) is 0 Å². The van der Waals surface area contributed by atoms with E-state index in [9.17, 15) is 9.59 Å². The third kappa shape index (κ3) is 3.32. The third-order valence-electron chi connectivity index (χ3n) is 5.98. The van der Waals surface area contributed by atoms with Gasteiger partial charge in [0.25, 0.3) is 0 Å². The van der Waals surface area contributed by atoms with Crippen molar-refractivity contribution < 1.29 is 9.59 Å². The van der Waals surface area contributed by atoms with Crippen LogP contribution in [0.1, 0.15) is 40.6 Å². The molecule has 2 N–H and O–H groups in total. The molecule has 150 valence electrons. The maximum atomic E-state index is 13.2. The fraction of sp³-hybridized carbons (Fsp3) is 0.200. The number of urea groups is 1. The minimum Gasteiger partial charge on any atom is -0.306 e. The summed E-state index contributed by atoms with van der Waals surface area (Å²) in [7, 11) is 0. The van der Waals surface area contributed by atoms with Crippen molar-refractivity contribution >= 4 is 17.6 Å². The second-order valence-corrected chi connectivity index (χ2v) is 7.86. The van der Waals surface area contributed by atoms with Gasteiger partial charge in [0.05, 0.1) is 12.0 Å². The van der Waals surface area contributed by atoms with Crippen molar-refractivity contribution in [3.8, 4) is 0 Å². The molecule has 2 aliphatic rings. The Morgan fingerprint density at radius 2 is 1.53 bits per heavy atom. The van der Waals surface area contributed by atoms with Crippen molar-refractivity contribution in [3.05, 3.63) is 101 Å². The summed E-state index contributed by atoms with van der Waals surface area (Å²) in [5.41, 5.74) is 8.00. The highest BCUT2D eigenvalue weighted by atomic mass is 16.2. The first-order chi connectivity index (χ1) is 14.7. The van der Waals surface area contributed by atoms with Crippen LogP contribution in [0.2, 0.25) is 0 Å². The maximum absolute atomic E-state index is 13.2. The number of fused-ring (bicyclic) bond motifs is 1. The van der Waals surface area contributed by atoms with E-state index >= 15 is 0 Å². The molecular formula is C25H23N3O2. The first kappa shape index (κ1) is 18.4. The largest absolute Gasteiger partial charge is 0.341 e. The number of aryl methyl sites for hydroxylation is 2. The van der Waals surface area contributed by atoms with Gasteiger partial charge in [-0.2, -0.15) is 0 Å². The lowest BCUT2D eigenvalue weighted by Crippen LogP contribution is -2.42. The normalized spacial score (nSPS) is 20.0. The molecule has 5 nitrogen and oxygen atoms in total. The van der Waals surface area contributed by atoms with Crippen molar-refractivity contribution in [2.75, 3.05) is 5.32 Å². The Labute approximate surface area is 175 Å². The number of hydrogen-bond acceptors (Lipinski definition) is 2. The quantitative estimate of drug-likeness (QED) is 0.680. The first-order valence-corrected chi connectivity index (χ1v) is 10.3. The zero-order valence-corrected chi connectivity index (χ0v) is 16.5. The summed E-state index contributed by atoms with van der Waals surface area (Å²) in [6.45, 7) is 0. The van der Waals surface area contributed by atoms with Crippen molar-refractivity contribution in [2.24, 2.45) is 0 Å². The van der Waals surface area contributed by atoms with Crippen LogP contribution in [0, 0.1) is 0 Å². The lowest BCUT2D eigenvalue weighted by Gasteiger charge is -2.26. The molecule has 0 radical (unpaired) electrons. The van der Waals surface area contributed by atoms with Crippen LogP contribution in [0.25, 0.3) is 0 Å². The van der Waals surface area contributed by atoms with Gasteiger partial charge in [-0.15, -0.1) is 0 Å². The average Bonchev–Trinajstić information content (AvgIpc) is 3.38. The van der Waals surface area contributed by atoms with Gasteiger partial charge in [-0.3, -0.25) is 10.2 Å². The van der Waals surface area contributed by atoms with Gasteiger partial charge in [-0.25, -0.2) is 9.80 Å². The molecule has 1 fully saturated rings. The minimum absolute atomic E-state index is 0.181. The zero-order chi connectivity index (χ0) is 20.5. The van der Waals surface area contributed by atoms with E-state index in [0.29, 0.717) is 0 Å². The van der Waals surface area contributed by atoms with Gasteiger partial charge < -0.3 is 5.32 Å². The molecule has 5 heteroatoms. The second kappa shape index (κ2) is 7.67. The van der Waals surface area contributed by atoms with E-state index < -0.39 is 12.0 Å². The molecule has 2 unspecified atom stereocenters. The topological polar surface area (TPSA) is 61.4 Å². The summed E-state index contributed by atoms with van der Waals surface area (Å²) in [5, 5.41) is 4.41. The van der Waals surface area contributed by atoms with Crippen molar-refractivity contribution in [2.45, 2.75) is 31.2 Å². The fourth-order valence-corrected chi connectivity index (χ4v) is 4.55. The van der Waals surface area contributed by atoms with Crippen molar-refractivity contribution in [1.29, 1.82) is 0 Å². The number of hydrazine groups is 1. The lowest BCUT2D eigenvalue weighted by molar-refractivity contribution is -0.121. The van der Waals surface area contributed by atoms with Crippen LogP contribution < -0.4 is 10.7 Å². The molecule has 3 aromatic carbocycles. The molecule has 30 heavy (non-hydrogen) atoms. The molecule has 1 aliphatic carbocycles. The van der Waals surface area contributed by atoms with E-state index in [1.807, 2.05) is 72.8 Å². The maximum Gasteiger partial charge on any atom is 0.341 e. The van der Waals surface area contributed by atoms with Crippen molar-refractivity contribution in [3.63, 3.8) is 0 Å². The lowest BCUT2D eigenvalue weighted by atomic mass is 9.87. The van der Waals surface area contributed by atoms with E-state index in [1.54, 1.807) is 0 Å². The smallest absolute Gasteiger partial charge is 0.306 e. The second-order valence-electron chi connectivity index (χ2n) is 7.86. The number of nitrogens with one attached hydrogen (secondary N) is 2. The molecule has 1 heterocycles. The molecular weight excluding hydrogens is 374 g/mol. The standard InChI is InChI=1S/C25H23N3O2/c29-24-22(18-8-3-1-4-9-18)23(19-10-5-2-6-11-19)28(27-24)25(30)26-21-15-14-17-12-7-13-20(17)16-21/h1-6,8-11,14-16,22-23H,7,12-13H2,(H,26,30)(H,27,29). The Morgan fingerprint density at radius 1 is 0.867 bits per heavy atom. The van der Waals surface area contributed by atoms with E-state index in [0.717, 1.165) is 36.1 Å². The number of amides is 3. The van der Waals surface area contributed by atoms with Crippen LogP contribution in [0.5, 0.6) is 0 Å². The van der Waals surface area contributed by atoms with Gasteiger partial charge in [0.15, 0.2) is 0 Å². The molecule has 5 rings (SSSR count). The molecule has 3 aromatic rings. The molecule has 2 atom stereocenters. The van der Waals surface area contributed by atoms with Gasteiger partial charge in [-0.05, 0) is 53.6 Å². The number of carbonyl (C=O) groups excluding carboxylic acids is 2. The average molecular weight is 397 g/mol. The highest BCUT2D eigenvalue weighted by Gasteiger charge is 2.45. The number of rotatable bonds is 3. The molecule has 0 saturated carbocycles. The monoisotopic (exact) mass is 397 g/mol. The number of hydrogen-bond donors (Lipinski definition) is 2. The van der Waals surface area contributed by atoms with Gasteiger partial charge in [0, 0.05) is 5.69 Å². The summed E-state index contributed by atoms with van der Waals surface area (Å²) in [6.07, 6.45) is 3.30. The Kier molecular flexibility index (Phi) is 4.71. The Hall–Kier alpha value is -3.60. The van der Waals surface area contributed by atoms with Crippen LogP contribution >= 0.6 is 0 Å². The number of benzene rings is 3. The minimum atomic E-state index is -0.473. The van der Waals surface area contributed by atoms with E-state index in [-0.39, 0.29) is 11.9 Å². The Bertz CT molecular complexity index is 1080. The SMILES string of the molecule is O=C1NN(C(=O)Nc2ccc3c(c2)CCC3)C(c2ccccc2)C1c1ccccc1. The summed E-state index contributed by atoms with van der Waals surface area (Å²) in [5.74, 6) is -0.654. The zero-order valence-electron chi connectivity index (χ0n) is 16.5. The molecule has 1 saturated heterocycles. The summed E-state index contributed by atoms with van der Waals surface area (Å²) in [6, 6.07) is 24.6. The van der Waals surface area contributed by atoms with Gasteiger partial charge in [-0.1, -0.05) is 66.7 Å². The van der Waals surface area contributed by atoms with E-state index in [4.69, 9.17) is 0 Å². The van der Waals surface area contributed by atoms with Crippen molar-refractivity contribution in [1.82, 2.24) is 10.4 Å². The molecule has 1 aliphatic heterocycles. The summed E-state index contributed by atoms with van der Waals surface area (Å²) in [4.78, 5) is 26.2. The number of anilines is 1. The summed E-state index contributed by atoms with van der Waals surface area (Å²) < 4.78 is 0. The Morgan fingerprint density at radius 3 is 2.27 bits per heavy atom. The first-order valence-electron chi connectivity index (χ1n) is 10.3. The number of nitrogens with zero attached hydrogens (tertiary/aromatic N) is 1. The van der Waals surface area contributed by atoms with Crippen LogP contribution in [-0.4, -0.2) is 16.9 Å². The highest BCUT2D eigenvalue weighted by Crippen LogP contribution is 2.40. The molecule has 0 spiro atoms. The van der Waals surface area contributed by atoms with Gasteiger partial charge in [0.1, 0.15) is 0 Å².